The number of anilines is 1. The van der Waals surface area contributed by atoms with Crippen LogP contribution in [0.15, 0.2) is 31.0 Å². The standard InChI is InChI=1S/C39H48F3N7O4/c1-7-25-19-27-32(33(51-23-39(40,41)42)31(25)30-24(3)9-10-29-28(30)20-43-46-29)44-35(52-26-11-15-47(8-2)16-12-26)45-34(27)48-17-13-38(14-18-48)21-49(22-38)36(50)53-37(4,5)6/h7,9-10,19-20,26H,1,8,11-18,21-23H2,2-6H3,(H,43,46). The normalized spacial score (nSPS) is 18.4. The first kappa shape index (κ1) is 36.8. The molecule has 0 bridgehead atoms. The fourth-order valence-electron chi connectivity index (χ4n) is 7.91. The van der Waals surface area contributed by atoms with Crippen molar-refractivity contribution in [1.82, 2.24) is 30.0 Å². The molecule has 2 aromatic carbocycles. The summed E-state index contributed by atoms with van der Waals surface area (Å²) < 4.78 is 59.8. The molecule has 0 radical (unpaired) electrons. The molecule has 1 N–H and O–H groups in total. The van der Waals surface area contributed by atoms with E-state index in [9.17, 15) is 18.0 Å². The molecule has 14 heteroatoms. The van der Waals surface area contributed by atoms with E-state index in [2.05, 4.69) is 33.5 Å². The van der Waals surface area contributed by atoms with Crippen molar-refractivity contribution >= 4 is 39.8 Å². The fraction of sp³-hybridized carbons (Fsp3) is 0.538. The number of aromatic amines is 1. The molecule has 3 saturated heterocycles. The molecule has 5 heterocycles. The van der Waals surface area contributed by atoms with Gasteiger partial charge in [-0.25, -0.2) is 4.79 Å². The zero-order valence-corrected chi connectivity index (χ0v) is 31.1. The Kier molecular flexibility index (Phi) is 9.71. The SMILES string of the molecule is C=Cc1cc2c(N3CCC4(CC3)CN(C(=O)OC(C)(C)C)C4)nc(OC3CCN(CC)CC3)nc2c(OCC(F)(F)F)c1-c1c(C)ccc2[nH]ncc12. The summed E-state index contributed by atoms with van der Waals surface area (Å²) in [4.78, 5) is 28.8. The summed E-state index contributed by atoms with van der Waals surface area (Å²) in [6.45, 7) is 17.3. The number of nitrogens with zero attached hydrogens (tertiary/aromatic N) is 6. The number of alkyl halides is 3. The second-order valence-corrected chi connectivity index (χ2v) is 15.7. The number of hydrogen-bond donors (Lipinski definition) is 1. The van der Waals surface area contributed by atoms with Crippen LogP contribution < -0.4 is 14.4 Å². The van der Waals surface area contributed by atoms with E-state index in [1.165, 1.54) is 0 Å². The Morgan fingerprint density at radius 2 is 1.77 bits per heavy atom. The molecule has 3 fully saturated rings. The van der Waals surface area contributed by atoms with Crippen molar-refractivity contribution in [2.24, 2.45) is 5.41 Å². The van der Waals surface area contributed by atoms with Crippen molar-refractivity contribution in [3.05, 3.63) is 42.1 Å². The topological polar surface area (TPSA) is 109 Å². The number of H-pyrrole nitrogens is 1. The molecular formula is C39H48F3N7O4. The minimum atomic E-state index is -4.61. The molecule has 0 aliphatic carbocycles. The molecule has 0 atom stereocenters. The van der Waals surface area contributed by atoms with Gasteiger partial charge in [-0.2, -0.15) is 28.2 Å². The Bertz CT molecular complexity index is 2000. The molecular weight excluding hydrogens is 687 g/mol. The van der Waals surface area contributed by atoms with Gasteiger partial charge in [-0.05, 0) is 88.7 Å². The van der Waals surface area contributed by atoms with Gasteiger partial charge in [-0.15, -0.1) is 0 Å². The number of aryl methyl sites for hydroxylation is 1. The van der Waals surface area contributed by atoms with Crippen LogP contribution >= 0.6 is 0 Å². The van der Waals surface area contributed by atoms with Gasteiger partial charge >= 0.3 is 18.3 Å². The number of likely N-dealkylation sites (tertiary alicyclic amines) is 2. The van der Waals surface area contributed by atoms with Crippen LogP contribution in [0.2, 0.25) is 0 Å². The van der Waals surface area contributed by atoms with Gasteiger partial charge in [0.1, 0.15) is 23.0 Å². The average molecular weight is 736 g/mol. The van der Waals surface area contributed by atoms with E-state index in [1.807, 2.05) is 45.9 Å². The number of hydrogen-bond acceptors (Lipinski definition) is 9. The first-order chi connectivity index (χ1) is 25.2. The van der Waals surface area contributed by atoms with E-state index < -0.39 is 18.4 Å². The van der Waals surface area contributed by atoms with E-state index in [0.717, 1.165) is 61.8 Å². The van der Waals surface area contributed by atoms with Crippen molar-refractivity contribution in [3.63, 3.8) is 0 Å². The number of ether oxygens (including phenoxy) is 3. The fourth-order valence-corrected chi connectivity index (χ4v) is 7.91. The molecule has 11 nitrogen and oxygen atoms in total. The molecule has 53 heavy (non-hydrogen) atoms. The van der Waals surface area contributed by atoms with E-state index in [1.54, 1.807) is 17.2 Å². The van der Waals surface area contributed by atoms with Crippen molar-refractivity contribution in [3.8, 4) is 22.9 Å². The van der Waals surface area contributed by atoms with E-state index >= 15 is 0 Å². The number of carbonyl (C=O) groups is 1. The van der Waals surface area contributed by atoms with Gasteiger partial charge in [0, 0.05) is 61.0 Å². The Balaban J connectivity index is 1.32. The molecule has 7 rings (SSSR count). The van der Waals surface area contributed by atoms with Crippen LogP contribution in [0, 0.1) is 12.3 Å². The quantitative estimate of drug-likeness (QED) is 0.194. The Labute approximate surface area is 307 Å². The molecule has 284 valence electrons. The minimum absolute atomic E-state index is 0.0127. The van der Waals surface area contributed by atoms with Gasteiger partial charge in [0.15, 0.2) is 12.4 Å². The van der Waals surface area contributed by atoms with Crippen LogP contribution in [-0.4, -0.2) is 106 Å². The number of nitrogens with one attached hydrogen (secondary N) is 1. The molecule has 0 saturated carbocycles. The molecule has 0 unspecified atom stereocenters. The lowest BCUT2D eigenvalue weighted by atomic mass is 9.72. The highest BCUT2D eigenvalue weighted by molar-refractivity contribution is 6.07. The second kappa shape index (κ2) is 14.0. The summed E-state index contributed by atoms with van der Waals surface area (Å²) in [5.74, 6) is 0.556. The number of piperidine rings is 2. The van der Waals surface area contributed by atoms with E-state index in [4.69, 9.17) is 24.2 Å². The smallest absolute Gasteiger partial charge is 0.422 e. The van der Waals surface area contributed by atoms with Crippen LogP contribution in [0.25, 0.3) is 39.0 Å². The van der Waals surface area contributed by atoms with Gasteiger partial charge < -0.3 is 28.9 Å². The maximum absolute atomic E-state index is 14.0. The summed E-state index contributed by atoms with van der Waals surface area (Å²) >= 11 is 0. The highest BCUT2D eigenvalue weighted by Crippen LogP contribution is 2.48. The van der Waals surface area contributed by atoms with Crippen molar-refractivity contribution in [2.45, 2.75) is 78.2 Å². The molecule has 1 amide bonds. The van der Waals surface area contributed by atoms with Gasteiger partial charge in [-0.1, -0.05) is 25.6 Å². The largest absolute Gasteiger partial charge is 0.481 e. The van der Waals surface area contributed by atoms with Gasteiger partial charge in [0.25, 0.3) is 0 Å². The lowest BCUT2D eigenvalue weighted by molar-refractivity contribution is -0.153. The Morgan fingerprint density at radius 1 is 1.06 bits per heavy atom. The first-order valence-electron chi connectivity index (χ1n) is 18.4. The van der Waals surface area contributed by atoms with Crippen molar-refractivity contribution in [2.75, 3.05) is 57.3 Å². The first-order valence-corrected chi connectivity index (χ1v) is 18.4. The van der Waals surface area contributed by atoms with Gasteiger partial charge in [0.2, 0.25) is 0 Å². The third-order valence-electron chi connectivity index (χ3n) is 10.7. The van der Waals surface area contributed by atoms with Gasteiger partial charge in [0.05, 0.1) is 11.7 Å². The molecule has 2 aromatic heterocycles. The zero-order valence-electron chi connectivity index (χ0n) is 31.1. The van der Waals surface area contributed by atoms with Crippen LogP contribution in [0.3, 0.4) is 0 Å². The van der Waals surface area contributed by atoms with Crippen LogP contribution in [0.4, 0.5) is 23.8 Å². The van der Waals surface area contributed by atoms with Crippen LogP contribution in [0.5, 0.6) is 11.8 Å². The van der Waals surface area contributed by atoms with E-state index in [0.29, 0.717) is 54.1 Å². The summed E-state index contributed by atoms with van der Waals surface area (Å²) in [6.07, 6.45) is 1.41. The Hall–Kier alpha value is -4.59. The molecule has 1 spiro atoms. The van der Waals surface area contributed by atoms with Crippen LogP contribution in [-0.2, 0) is 4.74 Å². The number of fused-ring (bicyclic) bond motifs is 2. The van der Waals surface area contributed by atoms with Crippen molar-refractivity contribution < 1.29 is 32.2 Å². The number of benzene rings is 2. The monoisotopic (exact) mass is 735 g/mol. The highest BCUT2D eigenvalue weighted by Gasteiger charge is 2.48. The van der Waals surface area contributed by atoms with Crippen LogP contribution in [0.1, 0.15) is 64.5 Å². The Morgan fingerprint density at radius 3 is 2.42 bits per heavy atom. The maximum atomic E-state index is 14.0. The third kappa shape index (κ3) is 7.60. The lowest BCUT2D eigenvalue weighted by Crippen LogP contribution is -2.62. The number of aromatic nitrogens is 4. The van der Waals surface area contributed by atoms with E-state index in [-0.39, 0.29) is 34.9 Å². The minimum Gasteiger partial charge on any atom is -0.481 e. The molecule has 3 aliphatic rings. The number of carbonyl (C=O) groups excluding carboxylic acids is 1. The summed E-state index contributed by atoms with van der Waals surface area (Å²) in [5, 5.41) is 8.48. The maximum Gasteiger partial charge on any atom is 0.422 e. The summed E-state index contributed by atoms with van der Waals surface area (Å²) in [7, 11) is 0. The second-order valence-electron chi connectivity index (χ2n) is 15.7. The van der Waals surface area contributed by atoms with Gasteiger partial charge in [-0.3, -0.25) is 5.10 Å². The summed E-state index contributed by atoms with van der Waals surface area (Å²) in [5.41, 5.74) is 2.90. The number of halogens is 3. The molecule has 4 aromatic rings. The molecule has 3 aliphatic heterocycles. The third-order valence-corrected chi connectivity index (χ3v) is 10.7. The lowest BCUT2D eigenvalue weighted by Gasteiger charge is -2.53. The highest BCUT2D eigenvalue weighted by atomic mass is 19.4. The average Bonchev–Trinajstić information content (AvgIpc) is 3.57. The predicted molar refractivity (Wildman–Crippen MR) is 198 cm³/mol. The number of rotatable bonds is 8. The summed E-state index contributed by atoms with van der Waals surface area (Å²) in [6, 6.07) is 5.79. The number of amides is 1. The van der Waals surface area contributed by atoms with Crippen molar-refractivity contribution in [1.29, 1.82) is 0 Å². The zero-order chi connectivity index (χ0) is 37.7. The predicted octanol–water partition coefficient (Wildman–Crippen LogP) is 7.77.